The van der Waals surface area contributed by atoms with Gasteiger partial charge < -0.3 is 11.1 Å². The van der Waals surface area contributed by atoms with Gasteiger partial charge in [0.1, 0.15) is 11.6 Å². The SMILES string of the molecule is CSc1nc(N)cc(NC(C)c2cccc(Br)c2)n1. The molecule has 2 aromatic rings. The number of nitrogens with zero attached hydrogens (tertiary/aromatic N) is 2. The molecule has 1 unspecified atom stereocenters. The van der Waals surface area contributed by atoms with E-state index in [9.17, 15) is 0 Å². The van der Waals surface area contributed by atoms with Gasteiger partial charge in [-0.05, 0) is 30.9 Å². The maximum absolute atomic E-state index is 5.76. The molecule has 6 heteroatoms. The molecule has 0 amide bonds. The third-order valence-electron chi connectivity index (χ3n) is 2.62. The van der Waals surface area contributed by atoms with Gasteiger partial charge in [0.2, 0.25) is 0 Å². The Labute approximate surface area is 125 Å². The number of aromatic nitrogens is 2. The zero-order valence-corrected chi connectivity index (χ0v) is 13.1. The number of nitrogen functional groups attached to an aromatic ring is 1. The summed E-state index contributed by atoms with van der Waals surface area (Å²) in [6, 6.07) is 10.1. The summed E-state index contributed by atoms with van der Waals surface area (Å²) >= 11 is 4.95. The fourth-order valence-electron chi connectivity index (χ4n) is 1.69. The molecule has 1 heterocycles. The molecule has 2 rings (SSSR count). The maximum Gasteiger partial charge on any atom is 0.191 e. The van der Waals surface area contributed by atoms with Crippen molar-refractivity contribution in [3.63, 3.8) is 0 Å². The predicted molar refractivity (Wildman–Crippen MR) is 84.4 cm³/mol. The topological polar surface area (TPSA) is 63.8 Å². The summed E-state index contributed by atoms with van der Waals surface area (Å²) in [5.74, 6) is 1.22. The van der Waals surface area contributed by atoms with Gasteiger partial charge in [0.15, 0.2) is 5.16 Å². The molecule has 0 aliphatic rings. The number of nitrogens with two attached hydrogens (primary N) is 1. The van der Waals surface area contributed by atoms with Gasteiger partial charge in [-0.2, -0.15) is 0 Å². The first kappa shape index (κ1) is 14.1. The highest BCUT2D eigenvalue weighted by Gasteiger charge is 2.08. The van der Waals surface area contributed by atoms with Crippen LogP contribution in [0.3, 0.4) is 0 Å². The molecular formula is C13H15BrN4S. The van der Waals surface area contributed by atoms with E-state index in [0.717, 1.165) is 10.3 Å². The van der Waals surface area contributed by atoms with Crippen molar-refractivity contribution in [2.75, 3.05) is 17.3 Å². The number of hydrogen-bond donors (Lipinski definition) is 2. The van der Waals surface area contributed by atoms with E-state index in [1.807, 2.05) is 18.4 Å². The molecule has 0 fully saturated rings. The maximum atomic E-state index is 5.76. The van der Waals surface area contributed by atoms with Crippen molar-refractivity contribution >= 4 is 39.3 Å². The number of rotatable bonds is 4. The zero-order valence-electron chi connectivity index (χ0n) is 10.7. The minimum absolute atomic E-state index is 0.140. The number of thioether (sulfide) groups is 1. The van der Waals surface area contributed by atoms with Gasteiger partial charge in [0.25, 0.3) is 0 Å². The first-order chi connectivity index (χ1) is 9.08. The molecule has 0 aliphatic heterocycles. The molecule has 1 aromatic heterocycles. The van der Waals surface area contributed by atoms with Gasteiger partial charge in [-0.15, -0.1) is 0 Å². The van der Waals surface area contributed by atoms with Crippen LogP contribution in [0.15, 0.2) is 40.0 Å². The van der Waals surface area contributed by atoms with E-state index in [1.54, 1.807) is 6.07 Å². The minimum Gasteiger partial charge on any atom is -0.383 e. The van der Waals surface area contributed by atoms with Gasteiger partial charge in [0.05, 0.1) is 0 Å². The van der Waals surface area contributed by atoms with Crippen LogP contribution in [0, 0.1) is 0 Å². The summed E-state index contributed by atoms with van der Waals surface area (Å²) < 4.78 is 1.06. The molecule has 0 spiro atoms. The van der Waals surface area contributed by atoms with E-state index in [-0.39, 0.29) is 6.04 Å². The zero-order chi connectivity index (χ0) is 13.8. The van der Waals surface area contributed by atoms with Gasteiger partial charge in [-0.25, -0.2) is 9.97 Å². The van der Waals surface area contributed by atoms with E-state index in [4.69, 9.17) is 5.73 Å². The molecule has 1 atom stereocenters. The van der Waals surface area contributed by atoms with E-state index < -0.39 is 0 Å². The number of hydrogen-bond acceptors (Lipinski definition) is 5. The van der Waals surface area contributed by atoms with Gasteiger partial charge in [-0.1, -0.05) is 39.8 Å². The van der Waals surface area contributed by atoms with Gasteiger partial charge >= 0.3 is 0 Å². The summed E-state index contributed by atoms with van der Waals surface area (Å²) in [5.41, 5.74) is 6.94. The Hall–Kier alpha value is -1.27. The van der Waals surface area contributed by atoms with Crippen LogP contribution in [0.5, 0.6) is 0 Å². The largest absolute Gasteiger partial charge is 0.383 e. The lowest BCUT2D eigenvalue weighted by Crippen LogP contribution is -2.09. The molecule has 4 nitrogen and oxygen atoms in total. The number of anilines is 2. The highest BCUT2D eigenvalue weighted by Crippen LogP contribution is 2.23. The molecule has 0 bridgehead atoms. The molecule has 0 radical (unpaired) electrons. The van der Waals surface area contributed by atoms with Crippen molar-refractivity contribution in [1.82, 2.24) is 9.97 Å². The summed E-state index contributed by atoms with van der Waals surface area (Å²) in [5, 5.41) is 4.01. The number of nitrogens with one attached hydrogen (secondary N) is 1. The minimum atomic E-state index is 0.140. The Morgan fingerprint density at radius 2 is 2.11 bits per heavy atom. The van der Waals surface area contributed by atoms with E-state index in [1.165, 1.54) is 17.3 Å². The standard InChI is InChI=1S/C13H15BrN4S/c1-8(9-4-3-5-10(14)6-9)16-12-7-11(15)17-13(18-12)19-2/h3-8H,1-2H3,(H3,15,16,17,18). The summed E-state index contributed by atoms with van der Waals surface area (Å²) in [4.78, 5) is 8.52. The lowest BCUT2D eigenvalue weighted by atomic mass is 10.1. The molecule has 1 aromatic carbocycles. The second-order valence-electron chi connectivity index (χ2n) is 4.09. The van der Waals surface area contributed by atoms with Crippen LogP contribution < -0.4 is 11.1 Å². The molecular weight excluding hydrogens is 324 g/mol. The summed E-state index contributed by atoms with van der Waals surface area (Å²) in [6.45, 7) is 2.08. The van der Waals surface area contributed by atoms with E-state index >= 15 is 0 Å². The van der Waals surface area contributed by atoms with Gasteiger partial charge in [0, 0.05) is 16.6 Å². The molecule has 0 saturated heterocycles. The molecule has 0 aliphatic carbocycles. The normalized spacial score (nSPS) is 12.2. The van der Waals surface area contributed by atoms with Crippen LogP contribution in [0.4, 0.5) is 11.6 Å². The Morgan fingerprint density at radius 1 is 1.32 bits per heavy atom. The van der Waals surface area contributed by atoms with Crippen molar-refractivity contribution in [2.24, 2.45) is 0 Å². The third kappa shape index (κ3) is 3.84. The van der Waals surface area contributed by atoms with Crippen LogP contribution in [0.25, 0.3) is 0 Å². The van der Waals surface area contributed by atoms with E-state index in [2.05, 4.69) is 50.3 Å². The predicted octanol–water partition coefficient (Wildman–Crippen LogP) is 3.72. The van der Waals surface area contributed by atoms with Crippen LogP contribution >= 0.6 is 27.7 Å². The van der Waals surface area contributed by atoms with Crippen molar-refractivity contribution in [3.8, 4) is 0 Å². The first-order valence-electron chi connectivity index (χ1n) is 5.79. The van der Waals surface area contributed by atoms with Crippen molar-refractivity contribution in [2.45, 2.75) is 18.1 Å². The fourth-order valence-corrected chi connectivity index (χ4v) is 2.49. The Kier molecular flexibility index (Phi) is 4.66. The summed E-state index contributed by atoms with van der Waals surface area (Å²) in [6.07, 6.45) is 1.93. The van der Waals surface area contributed by atoms with Crippen molar-refractivity contribution in [3.05, 3.63) is 40.4 Å². The lowest BCUT2D eigenvalue weighted by molar-refractivity contribution is 0.857. The quantitative estimate of drug-likeness (QED) is 0.657. The smallest absolute Gasteiger partial charge is 0.191 e. The van der Waals surface area contributed by atoms with Crippen LogP contribution in [0.2, 0.25) is 0 Å². The third-order valence-corrected chi connectivity index (χ3v) is 3.66. The highest BCUT2D eigenvalue weighted by atomic mass is 79.9. The van der Waals surface area contributed by atoms with Crippen LogP contribution in [-0.4, -0.2) is 16.2 Å². The van der Waals surface area contributed by atoms with Gasteiger partial charge in [-0.3, -0.25) is 0 Å². The average molecular weight is 339 g/mol. The highest BCUT2D eigenvalue weighted by molar-refractivity contribution is 9.10. The molecule has 3 N–H and O–H groups in total. The lowest BCUT2D eigenvalue weighted by Gasteiger charge is -2.15. The Morgan fingerprint density at radius 3 is 2.79 bits per heavy atom. The molecule has 0 saturated carbocycles. The monoisotopic (exact) mass is 338 g/mol. The first-order valence-corrected chi connectivity index (χ1v) is 7.81. The second kappa shape index (κ2) is 6.25. The Balaban J connectivity index is 2.18. The van der Waals surface area contributed by atoms with Crippen molar-refractivity contribution in [1.29, 1.82) is 0 Å². The Bertz CT molecular complexity index is 576. The second-order valence-corrected chi connectivity index (χ2v) is 5.77. The molecule has 100 valence electrons. The van der Waals surface area contributed by atoms with Crippen LogP contribution in [0.1, 0.15) is 18.5 Å². The van der Waals surface area contributed by atoms with Crippen molar-refractivity contribution < 1.29 is 0 Å². The summed E-state index contributed by atoms with van der Waals surface area (Å²) in [7, 11) is 0. The van der Waals surface area contributed by atoms with Crippen LogP contribution in [-0.2, 0) is 0 Å². The average Bonchev–Trinajstić information content (AvgIpc) is 2.38. The fraction of sp³-hybridized carbons (Fsp3) is 0.231. The van der Waals surface area contributed by atoms with E-state index in [0.29, 0.717) is 11.0 Å². The number of halogens is 1. The molecule has 19 heavy (non-hydrogen) atoms. The number of benzene rings is 1.